The van der Waals surface area contributed by atoms with E-state index in [4.69, 9.17) is 10.5 Å². The van der Waals surface area contributed by atoms with Crippen LogP contribution in [0.4, 0.5) is 0 Å². The minimum absolute atomic E-state index is 0. The number of benzene rings is 1. The van der Waals surface area contributed by atoms with Gasteiger partial charge in [-0.3, -0.25) is 0 Å². The van der Waals surface area contributed by atoms with E-state index < -0.39 is 0 Å². The lowest BCUT2D eigenvalue weighted by Gasteiger charge is -2.01. The molecule has 1 unspecified atom stereocenters. The van der Waals surface area contributed by atoms with E-state index in [1.807, 2.05) is 38.1 Å². The van der Waals surface area contributed by atoms with E-state index in [-0.39, 0.29) is 18.4 Å². The fourth-order valence-electron chi connectivity index (χ4n) is 1.69. The zero-order valence-corrected chi connectivity index (χ0v) is 12.3. The fourth-order valence-corrected chi connectivity index (χ4v) is 2.71. The first-order valence-corrected chi connectivity index (χ1v) is 6.31. The van der Waals surface area contributed by atoms with Gasteiger partial charge in [-0.1, -0.05) is 0 Å². The predicted molar refractivity (Wildman–Crippen MR) is 78.7 cm³/mol. The third-order valence-electron chi connectivity index (χ3n) is 2.58. The number of hydrogen-bond donors (Lipinski definition) is 1. The van der Waals surface area contributed by atoms with E-state index >= 15 is 0 Å². The summed E-state index contributed by atoms with van der Waals surface area (Å²) in [6.45, 7) is 3.99. The van der Waals surface area contributed by atoms with Gasteiger partial charge in [0, 0.05) is 16.5 Å². The molecule has 0 saturated carbocycles. The summed E-state index contributed by atoms with van der Waals surface area (Å²) in [6.07, 6.45) is 0. The molecule has 1 atom stereocenters. The highest BCUT2D eigenvalue weighted by Crippen LogP contribution is 2.31. The van der Waals surface area contributed by atoms with Crippen LogP contribution in [0.5, 0.6) is 5.75 Å². The van der Waals surface area contributed by atoms with Gasteiger partial charge in [0.25, 0.3) is 0 Å². The van der Waals surface area contributed by atoms with Crippen molar-refractivity contribution in [1.29, 1.82) is 0 Å². The zero-order chi connectivity index (χ0) is 12.4. The van der Waals surface area contributed by atoms with Gasteiger partial charge in [-0.25, -0.2) is 4.98 Å². The van der Waals surface area contributed by atoms with E-state index in [0.717, 1.165) is 26.9 Å². The van der Waals surface area contributed by atoms with Gasteiger partial charge in [0.1, 0.15) is 10.8 Å². The Balaban J connectivity index is 0.00000162. The first-order valence-electron chi connectivity index (χ1n) is 5.49. The summed E-state index contributed by atoms with van der Waals surface area (Å²) in [5.74, 6) is 0.856. The number of rotatable bonds is 3. The molecule has 5 heteroatoms. The second-order valence-electron chi connectivity index (χ2n) is 3.99. The molecule has 0 amide bonds. The lowest BCUT2D eigenvalue weighted by molar-refractivity contribution is 0.415. The number of aryl methyl sites for hydroxylation is 1. The monoisotopic (exact) mass is 284 g/mol. The van der Waals surface area contributed by atoms with Gasteiger partial charge in [0.2, 0.25) is 0 Å². The zero-order valence-electron chi connectivity index (χ0n) is 10.6. The maximum Gasteiger partial charge on any atom is 0.123 e. The van der Waals surface area contributed by atoms with Crippen LogP contribution in [0.1, 0.15) is 23.5 Å². The third-order valence-corrected chi connectivity index (χ3v) is 3.99. The third kappa shape index (κ3) is 3.02. The molecule has 2 rings (SSSR count). The highest BCUT2D eigenvalue weighted by molar-refractivity contribution is 7.15. The molecule has 2 N–H and O–H groups in total. The number of ether oxygens (including phenoxy) is 1. The largest absolute Gasteiger partial charge is 0.497 e. The molecule has 0 aliphatic heterocycles. The highest BCUT2D eigenvalue weighted by atomic mass is 35.5. The molecule has 2 aromatic rings. The van der Waals surface area contributed by atoms with Crippen LogP contribution in [0.2, 0.25) is 0 Å². The molecule has 0 spiro atoms. The maximum absolute atomic E-state index is 5.90. The van der Waals surface area contributed by atoms with E-state index in [1.165, 1.54) is 0 Å². The molecule has 0 radical (unpaired) electrons. The SMILES string of the molecule is COc1ccc(-c2nc(C)c(C(C)N)s2)cc1.Cl. The summed E-state index contributed by atoms with van der Waals surface area (Å²) in [5.41, 5.74) is 8.03. The van der Waals surface area contributed by atoms with Gasteiger partial charge >= 0.3 is 0 Å². The molecule has 0 fully saturated rings. The summed E-state index contributed by atoms with van der Waals surface area (Å²) in [7, 11) is 1.66. The standard InChI is InChI=1S/C13H16N2OS.ClH/c1-8(14)12-9(2)15-13(17-12)10-4-6-11(16-3)7-5-10;/h4-8H,14H2,1-3H3;1H. The van der Waals surface area contributed by atoms with Crippen molar-refractivity contribution in [2.24, 2.45) is 5.73 Å². The maximum atomic E-state index is 5.90. The lowest BCUT2D eigenvalue weighted by Crippen LogP contribution is -2.03. The molecule has 0 bridgehead atoms. The van der Waals surface area contributed by atoms with Crippen LogP contribution in [-0.2, 0) is 0 Å². The Kier molecular flexibility index (Phi) is 5.14. The summed E-state index contributed by atoms with van der Waals surface area (Å²) < 4.78 is 5.14. The van der Waals surface area contributed by atoms with Gasteiger partial charge in [0.05, 0.1) is 12.8 Å². The fraction of sp³-hybridized carbons (Fsp3) is 0.308. The van der Waals surface area contributed by atoms with Crippen molar-refractivity contribution in [1.82, 2.24) is 4.98 Å². The molecular formula is C13H17ClN2OS. The molecule has 3 nitrogen and oxygen atoms in total. The molecule has 1 heterocycles. The molecule has 98 valence electrons. The van der Waals surface area contributed by atoms with Crippen LogP contribution < -0.4 is 10.5 Å². The normalized spacial score (nSPS) is 11.8. The number of nitrogens with two attached hydrogens (primary N) is 1. The minimum Gasteiger partial charge on any atom is -0.497 e. The predicted octanol–water partition coefficient (Wildman–Crippen LogP) is 3.57. The van der Waals surface area contributed by atoms with Gasteiger partial charge in [-0.15, -0.1) is 23.7 Å². The number of halogens is 1. The van der Waals surface area contributed by atoms with Crippen LogP contribution in [0.3, 0.4) is 0 Å². The topological polar surface area (TPSA) is 48.1 Å². The molecular weight excluding hydrogens is 268 g/mol. The lowest BCUT2D eigenvalue weighted by atomic mass is 10.2. The summed E-state index contributed by atoms with van der Waals surface area (Å²) >= 11 is 1.66. The second-order valence-corrected chi connectivity index (χ2v) is 5.02. The molecule has 0 saturated heterocycles. The number of aromatic nitrogens is 1. The molecule has 1 aromatic carbocycles. The second kappa shape index (κ2) is 6.18. The first-order chi connectivity index (χ1) is 8.11. The van der Waals surface area contributed by atoms with Crippen molar-refractivity contribution in [2.75, 3.05) is 7.11 Å². The van der Waals surface area contributed by atoms with Crippen molar-refractivity contribution in [2.45, 2.75) is 19.9 Å². The van der Waals surface area contributed by atoms with Gasteiger partial charge in [-0.05, 0) is 38.1 Å². The van der Waals surface area contributed by atoms with Crippen LogP contribution in [0.15, 0.2) is 24.3 Å². The molecule has 1 aromatic heterocycles. The van der Waals surface area contributed by atoms with Crippen LogP contribution in [0, 0.1) is 6.92 Å². The Hall–Kier alpha value is -1.10. The van der Waals surface area contributed by atoms with Crippen LogP contribution in [-0.4, -0.2) is 12.1 Å². The Morgan fingerprint density at radius 2 is 1.89 bits per heavy atom. The highest BCUT2D eigenvalue weighted by Gasteiger charge is 2.12. The van der Waals surface area contributed by atoms with Crippen LogP contribution >= 0.6 is 23.7 Å². The quantitative estimate of drug-likeness (QED) is 0.937. The van der Waals surface area contributed by atoms with E-state index in [9.17, 15) is 0 Å². The Bertz CT molecular complexity index is 508. The van der Waals surface area contributed by atoms with Gasteiger partial charge in [-0.2, -0.15) is 0 Å². The van der Waals surface area contributed by atoms with Crippen molar-refractivity contribution >= 4 is 23.7 Å². The average molecular weight is 285 g/mol. The smallest absolute Gasteiger partial charge is 0.123 e. The van der Waals surface area contributed by atoms with Crippen molar-refractivity contribution in [3.8, 4) is 16.3 Å². The summed E-state index contributed by atoms with van der Waals surface area (Å²) in [6, 6.07) is 7.96. The Morgan fingerprint density at radius 1 is 1.28 bits per heavy atom. The molecule has 0 aliphatic carbocycles. The number of hydrogen-bond acceptors (Lipinski definition) is 4. The van der Waals surface area contributed by atoms with Gasteiger partial charge < -0.3 is 10.5 Å². The molecule has 0 aliphatic rings. The van der Waals surface area contributed by atoms with Crippen molar-refractivity contribution < 1.29 is 4.74 Å². The van der Waals surface area contributed by atoms with E-state index in [0.29, 0.717) is 0 Å². The molecule has 18 heavy (non-hydrogen) atoms. The Labute approximate surface area is 117 Å². The van der Waals surface area contributed by atoms with E-state index in [1.54, 1.807) is 18.4 Å². The summed E-state index contributed by atoms with van der Waals surface area (Å²) in [4.78, 5) is 5.70. The summed E-state index contributed by atoms with van der Waals surface area (Å²) in [5, 5.41) is 1.01. The van der Waals surface area contributed by atoms with Crippen molar-refractivity contribution in [3.63, 3.8) is 0 Å². The minimum atomic E-state index is 0. The first kappa shape index (κ1) is 15.0. The Morgan fingerprint density at radius 3 is 2.33 bits per heavy atom. The van der Waals surface area contributed by atoms with Gasteiger partial charge in [0.15, 0.2) is 0 Å². The van der Waals surface area contributed by atoms with E-state index in [2.05, 4.69) is 4.98 Å². The van der Waals surface area contributed by atoms with Crippen molar-refractivity contribution in [3.05, 3.63) is 34.8 Å². The number of nitrogens with zero attached hydrogens (tertiary/aromatic N) is 1. The number of thiazole rings is 1. The number of methoxy groups -OCH3 is 1. The van der Waals surface area contributed by atoms with Crippen LogP contribution in [0.25, 0.3) is 10.6 Å². The average Bonchev–Trinajstić information content (AvgIpc) is 2.71.